The van der Waals surface area contributed by atoms with Crippen molar-refractivity contribution in [1.82, 2.24) is 19.1 Å². The topological polar surface area (TPSA) is 52.7 Å². The van der Waals surface area contributed by atoms with Crippen LogP contribution in [0.4, 0.5) is 0 Å². The largest absolute Gasteiger partial charge is 0.322 e. The SMILES string of the molecule is Cn1c(Cl)nc2ncn(C3CCCC3)c2c1=O. The first-order valence-corrected chi connectivity index (χ1v) is 6.15. The molecule has 0 N–H and O–H groups in total. The van der Waals surface area contributed by atoms with E-state index < -0.39 is 0 Å². The van der Waals surface area contributed by atoms with E-state index in [1.165, 1.54) is 17.4 Å². The fraction of sp³-hybridized carbons (Fsp3) is 0.545. The van der Waals surface area contributed by atoms with Crippen molar-refractivity contribution in [3.05, 3.63) is 22.0 Å². The Hall–Kier alpha value is -1.36. The number of fused-ring (bicyclic) bond motifs is 1. The Morgan fingerprint density at radius 1 is 1.41 bits per heavy atom. The summed E-state index contributed by atoms with van der Waals surface area (Å²) in [5, 5.41) is 0.180. The molecule has 2 aromatic rings. The van der Waals surface area contributed by atoms with Gasteiger partial charge in [0.05, 0.1) is 6.33 Å². The molecule has 0 unspecified atom stereocenters. The van der Waals surface area contributed by atoms with Crippen molar-refractivity contribution >= 4 is 22.8 Å². The van der Waals surface area contributed by atoms with Crippen molar-refractivity contribution in [1.29, 1.82) is 0 Å². The highest BCUT2D eigenvalue weighted by atomic mass is 35.5. The van der Waals surface area contributed by atoms with Crippen LogP contribution in [0.15, 0.2) is 11.1 Å². The molecule has 17 heavy (non-hydrogen) atoms. The molecule has 2 aromatic heterocycles. The van der Waals surface area contributed by atoms with Crippen LogP contribution >= 0.6 is 11.6 Å². The average molecular weight is 253 g/mol. The van der Waals surface area contributed by atoms with Crippen molar-refractivity contribution < 1.29 is 0 Å². The van der Waals surface area contributed by atoms with Gasteiger partial charge in [0.25, 0.3) is 5.56 Å². The number of rotatable bonds is 1. The van der Waals surface area contributed by atoms with Gasteiger partial charge in [-0.15, -0.1) is 0 Å². The zero-order valence-corrected chi connectivity index (χ0v) is 10.3. The summed E-state index contributed by atoms with van der Waals surface area (Å²) in [6.45, 7) is 0. The zero-order valence-electron chi connectivity index (χ0n) is 9.56. The molecule has 0 aliphatic heterocycles. The highest BCUT2D eigenvalue weighted by molar-refractivity contribution is 6.28. The fourth-order valence-corrected chi connectivity index (χ4v) is 2.66. The summed E-state index contributed by atoms with van der Waals surface area (Å²) in [6, 6.07) is 0.385. The maximum Gasteiger partial charge on any atom is 0.280 e. The van der Waals surface area contributed by atoms with Crippen LogP contribution in [-0.4, -0.2) is 19.1 Å². The lowest BCUT2D eigenvalue weighted by atomic mass is 10.2. The molecule has 1 aliphatic carbocycles. The van der Waals surface area contributed by atoms with Crippen LogP contribution in [0.1, 0.15) is 31.7 Å². The van der Waals surface area contributed by atoms with E-state index in [1.54, 1.807) is 13.4 Å². The molecule has 5 nitrogen and oxygen atoms in total. The third kappa shape index (κ3) is 1.57. The number of hydrogen-bond acceptors (Lipinski definition) is 3. The van der Waals surface area contributed by atoms with E-state index in [9.17, 15) is 4.79 Å². The van der Waals surface area contributed by atoms with Crippen molar-refractivity contribution in [3.63, 3.8) is 0 Å². The molecule has 1 aliphatic rings. The van der Waals surface area contributed by atoms with Gasteiger partial charge in [0, 0.05) is 13.1 Å². The molecule has 3 rings (SSSR count). The van der Waals surface area contributed by atoms with Crippen molar-refractivity contribution in [3.8, 4) is 0 Å². The first kappa shape index (κ1) is 10.8. The van der Waals surface area contributed by atoms with E-state index in [2.05, 4.69) is 9.97 Å². The minimum absolute atomic E-state index is 0.121. The quantitative estimate of drug-likeness (QED) is 0.729. The van der Waals surface area contributed by atoms with Gasteiger partial charge in [-0.05, 0) is 24.4 Å². The Morgan fingerprint density at radius 2 is 2.12 bits per heavy atom. The lowest BCUT2D eigenvalue weighted by Gasteiger charge is -2.11. The molecule has 6 heteroatoms. The van der Waals surface area contributed by atoms with Crippen molar-refractivity contribution in [2.75, 3.05) is 0 Å². The summed E-state index contributed by atoms with van der Waals surface area (Å²) in [6.07, 6.45) is 6.36. The van der Waals surface area contributed by atoms with Gasteiger partial charge in [0.1, 0.15) is 0 Å². The Bertz CT molecular complexity index is 624. The van der Waals surface area contributed by atoms with E-state index in [1.807, 2.05) is 4.57 Å². The molecule has 90 valence electrons. The number of hydrogen-bond donors (Lipinski definition) is 0. The summed E-state index contributed by atoms with van der Waals surface area (Å²) in [5.74, 6) is 0. The van der Waals surface area contributed by atoms with Gasteiger partial charge < -0.3 is 4.57 Å². The molecule has 2 heterocycles. The second-order valence-electron chi connectivity index (χ2n) is 4.51. The lowest BCUT2D eigenvalue weighted by molar-refractivity contribution is 0.530. The summed E-state index contributed by atoms with van der Waals surface area (Å²) >= 11 is 5.86. The van der Waals surface area contributed by atoms with Gasteiger partial charge >= 0.3 is 0 Å². The molecule has 0 bridgehead atoms. The molecule has 0 radical (unpaired) electrons. The predicted molar refractivity (Wildman–Crippen MR) is 65.3 cm³/mol. The molecule has 0 saturated heterocycles. The van der Waals surface area contributed by atoms with Gasteiger partial charge in [0.2, 0.25) is 5.28 Å². The third-order valence-corrected chi connectivity index (χ3v) is 3.81. The predicted octanol–water partition coefficient (Wildman–Crippen LogP) is 1.90. The standard InChI is InChI=1S/C11H13ClN4O/c1-15-10(17)8-9(14-11(15)12)13-6-16(8)7-4-2-3-5-7/h6-7H,2-5H2,1H3. The first-order chi connectivity index (χ1) is 8.18. The Labute approximate surface area is 103 Å². The number of aromatic nitrogens is 4. The maximum atomic E-state index is 12.2. The monoisotopic (exact) mass is 252 g/mol. The summed E-state index contributed by atoms with van der Waals surface area (Å²) in [4.78, 5) is 20.5. The highest BCUT2D eigenvalue weighted by Gasteiger charge is 2.21. The molecule has 1 saturated carbocycles. The lowest BCUT2D eigenvalue weighted by Crippen LogP contribution is -2.21. The highest BCUT2D eigenvalue weighted by Crippen LogP contribution is 2.30. The van der Waals surface area contributed by atoms with E-state index in [0.29, 0.717) is 17.2 Å². The molecule has 0 amide bonds. The summed E-state index contributed by atoms with van der Waals surface area (Å²) in [7, 11) is 1.63. The van der Waals surface area contributed by atoms with Gasteiger partial charge in [0.15, 0.2) is 11.2 Å². The van der Waals surface area contributed by atoms with Crippen LogP contribution < -0.4 is 5.56 Å². The zero-order chi connectivity index (χ0) is 12.0. The Morgan fingerprint density at radius 3 is 2.82 bits per heavy atom. The third-order valence-electron chi connectivity index (χ3n) is 3.47. The molecule has 1 fully saturated rings. The second-order valence-corrected chi connectivity index (χ2v) is 4.85. The van der Waals surface area contributed by atoms with Crippen LogP contribution in [0.5, 0.6) is 0 Å². The van der Waals surface area contributed by atoms with Crippen LogP contribution in [-0.2, 0) is 7.05 Å². The average Bonchev–Trinajstić information content (AvgIpc) is 2.93. The Kier molecular flexibility index (Phi) is 2.43. The second kappa shape index (κ2) is 3.84. The minimum atomic E-state index is -0.121. The van der Waals surface area contributed by atoms with Crippen LogP contribution in [0.25, 0.3) is 11.2 Å². The molecular weight excluding hydrogens is 240 g/mol. The molecule has 0 aromatic carbocycles. The van der Waals surface area contributed by atoms with E-state index in [0.717, 1.165) is 12.8 Å². The molecular formula is C11H13ClN4O. The smallest absolute Gasteiger partial charge is 0.280 e. The van der Waals surface area contributed by atoms with E-state index in [-0.39, 0.29) is 10.8 Å². The molecule has 0 spiro atoms. The summed E-state index contributed by atoms with van der Waals surface area (Å²) in [5.41, 5.74) is 0.901. The normalized spacial score (nSPS) is 17.1. The van der Waals surface area contributed by atoms with Crippen LogP contribution in [0.2, 0.25) is 5.28 Å². The fourth-order valence-electron chi connectivity index (χ4n) is 2.50. The van der Waals surface area contributed by atoms with Gasteiger partial charge in [-0.3, -0.25) is 9.36 Å². The van der Waals surface area contributed by atoms with Crippen molar-refractivity contribution in [2.45, 2.75) is 31.7 Å². The van der Waals surface area contributed by atoms with Gasteiger partial charge in [-0.2, -0.15) is 4.98 Å². The van der Waals surface area contributed by atoms with Crippen LogP contribution in [0.3, 0.4) is 0 Å². The van der Waals surface area contributed by atoms with E-state index >= 15 is 0 Å². The first-order valence-electron chi connectivity index (χ1n) is 5.77. The maximum absolute atomic E-state index is 12.2. The molecule has 0 atom stereocenters. The summed E-state index contributed by atoms with van der Waals surface area (Å²) < 4.78 is 3.32. The minimum Gasteiger partial charge on any atom is -0.322 e. The van der Waals surface area contributed by atoms with E-state index in [4.69, 9.17) is 11.6 Å². The Balaban J connectivity index is 2.27. The van der Waals surface area contributed by atoms with Crippen molar-refractivity contribution in [2.24, 2.45) is 7.05 Å². The number of nitrogens with zero attached hydrogens (tertiary/aromatic N) is 4. The van der Waals surface area contributed by atoms with Crippen LogP contribution in [0, 0.1) is 0 Å². The number of halogens is 1. The van der Waals surface area contributed by atoms with Gasteiger partial charge in [-0.25, -0.2) is 4.98 Å². The van der Waals surface area contributed by atoms with Gasteiger partial charge in [-0.1, -0.05) is 12.8 Å². The number of imidazole rings is 1.